The molecular formula is C31H40Cl2N4O. The summed E-state index contributed by atoms with van der Waals surface area (Å²) in [5.41, 5.74) is 5.11. The van der Waals surface area contributed by atoms with Gasteiger partial charge in [0.25, 0.3) is 0 Å². The van der Waals surface area contributed by atoms with E-state index in [1.165, 1.54) is 29.5 Å². The number of fused-ring (bicyclic) bond motifs is 2. The van der Waals surface area contributed by atoms with Crippen molar-refractivity contribution in [3.63, 3.8) is 0 Å². The number of halogens is 2. The van der Waals surface area contributed by atoms with Crippen LogP contribution in [0, 0.1) is 17.8 Å². The summed E-state index contributed by atoms with van der Waals surface area (Å²) < 4.78 is 0. The van der Waals surface area contributed by atoms with Crippen molar-refractivity contribution in [2.45, 2.75) is 63.8 Å². The number of aromatic nitrogens is 1. The average Bonchev–Trinajstić information content (AvgIpc) is 3.10. The number of hydrogen-bond acceptors (Lipinski definition) is 4. The van der Waals surface area contributed by atoms with Gasteiger partial charge in [0, 0.05) is 30.7 Å². The van der Waals surface area contributed by atoms with Crippen molar-refractivity contribution < 1.29 is 4.79 Å². The summed E-state index contributed by atoms with van der Waals surface area (Å²) in [6.45, 7) is 6.18. The van der Waals surface area contributed by atoms with Crippen LogP contribution in [0.1, 0.15) is 73.4 Å². The molecule has 6 rings (SSSR count). The fourth-order valence-electron chi connectivity index (χ4n) is 7.51. The largest absolute Gasteiger partial charge is 0.343 e. The van der Waals surface area contributed by atoms with Gasteiger partial charge in [0.1, 0.15) is 0 Å². The Kier molecular flexibility index (Phi) is 8.27. The van der Waals surface area contributed by atoms with E-state index in [1.807, 2.05) is 6.07 Å². The van der Waals surface area contributed by atoms with E-state index >= 15 is 0 Å². The molecule has 3 aliphatic heterocycles. The van der Waals surface area contributed by atoms with Gasteiger partial charge >= 0.3 is 0 Å². The third kappa shape index (κ3) is 5.77. The molecule has 4 heterocycles. The molecular weight excluding hydrogens is 515 g/mol. The van der Waals surface area contributed by atoms with Crippen LogP contribution in [-0.2, 0) is 17.6 Å². The molecule has 0 spiro atoms. The molecule has 1 aliphatic carbocycles. The van der Waals surface area contributed by atoms with E-state index in [1.54, 1.807) is 6.20 Å². The van der Waals surface area contributed by atoms with Crippen LogP contribution >= 0.6 is 23.2 Å². The molecule has 1 aromatic heterocycles. The molecule has 1 atom stereocenters. The van der Waals surface area contributed by atoms with E-state index in [0.717, 1.165) is 107 Å². The van der Waals surface area contributed by atoms with Crippen molar-refractivity contribution in [3.05, 3.63) is 62.9 Å². The highest BCUT2D eigenvalue weighted by atomic mass is 35.5. The summed E-state index contributed by atoms with van der Waals surface area (Å²) in [4.78, 5) is 22.6. The molecule has 1 N–H and O–H groups in total. The van der Waals surface area contributed by atoms with Crippen molar-refractivity contribution in [2.24, 2.45) is 17.8 Å². The molecule has 1 unspecified atom stereocenters. The first-order valence-electron chi connectivity index (χ1n) is 14.7. The van der Waals surface area contributed by atoms with Crippen molar-refractivity contribution in [1.29, 1.82) is 0 Å². The zero-order valence-electron chi connectivity index (χ0n) is 22.3. The number of carbonyl (C=O) groups is 1. The molecule has 0 bridgehead atoms. The average molecular weight is 556 g/mol. The maximum atomic E-state index is 12.9. The van der Waals surface area contributed by atoms with Gasteiger partial charge in [-0.3, -0.25) is 14.7 Å². The zero-order valence-corrected chi connectivity index (χ0v) is 23.8. The second kappa shape index (κ2) is 11.8. The van der Waals surface area contributed by atoms with E-state index in [4.69, 9.17) is 28.2 Å². The van der Waals surface area contributed by atoms with Crippen LogP contribution in [0.3, 0.4) is 0 Å². The van der Waals surface area contributed by atoms with E-state index in [0.29, 0.717) is 16.8 Å². The second-order valence-corrected chi connectivity index (χ2v) is 12.8. The fraction of sp³-hybridized carbons (Fsp3) is 0.613. The number of benzene rings is 1. The lowest BCUT2D eigenvalue weighted by atomic mass is 9.78. The lowest BCUT2D eigenvalue weighted by Gasteiger charge is -2.43. The van der Waals surface area contributed by atoms with Crippen LogP contribution < -0.4 is 5.32 Å². The first-order valence-corrected chi connectivity index (χ1v) is 15.5. The lowest BCUT2D eigenvalue weighted by Crippen LogP contribution is -2.44. The number of piperidine rings is 3. The Balaban J connectivity index is 1.09. The number of nitrogens with zero attached hydrogens (tertiary/aromatic N) is 3. The predicted molar refractivity (Wildman–Crippen MR) is 154 cm³/mol. The molecule has 7 heteroatoms. The molecule has 2 aromatic rings. The Bertz CT molecular complexity index is 1080. The SMILES string of the molecule is O=C(CC1CCNCC1)N1CCC(C2CCN(C3c4ccc(Cl)cc4CCc4cc(Cl)cnc43)CC2)CC1. The van der Waals surface area contributed by atoms with Gasteiger partial charge in [-0.05, 0) is 130 Å². The van der Waals surface area contributed by atoms with Gasteiger partial charge in [-0.2, -0.15) is 0 Å². The van der Waals surface area contributed by atoms with Gasteiger partial charge in [-0.25, -0.2) is 0 Å². The molecule has 0 radical (unpaired) electrons. The lowest BCUT2D eigenvalue weighted by molar-refractivity contribution is -0.134. The molecule has 3 fully saturated rings. The minimum Gasteiger partial charge on any atom is -0.343 e. The third-order valence-corrected chi connectivity index (χ3v) is 10.2. The summed E-state index contributed by atoms with van der Waals surface area (Å²) in [7, 11) is 0. The molecule has 204 valence electrons. The molecule has 5 nitrogen and oxygen atoms in total. The Morgan fingerprint density at radius 1 is 0.868 bits per heavy atom. The Morgan fingerprint density at radius 2 is 1.53 bits per heavy atom. The smallest absolute Gasteiger partial charge is 0.222 e. The highest BCUT2D eigenvalue weighted by molar-refractivity contribution is 6.30. The van der Waals surface area contributed by atoms with Gasteiger partial charge in [-0.15, -0.1) is 0 Å². The van der Waals surface area contributed by atoms with E-state index in [-0.39, 0.29) is 6.04 Å². The van der Waals surface area contributed by atoms with Crippen molar-refractivity contribution >= 4 is 29.1 Å². The standard InChI is InChI=1S/C31H40Cl2N4O/c32-26-3-4-28-24(18-26)1-2-25-19-27(33)20-35-30(25)31(28)37-15-9-23(10-16-37)22-7-13-36(14-8-22)29(38)17-21-5-11-34-12-6-21/h3-4,18-23,31,34H,1-2,5-17H2. The van der Waals surface area contributed by atoms with Crippen molar-refractivity contribution in [3.8, 4) is 0 Å². The summed E-state index contributed by atoms with van der Waals surface area (Å²) in [5, 5.41) is 4.93. The normalized spacial score (nSPS) is 24.1. The number of rotatable bonds is 4. The number of aryl methyl sites for hydroxylation is 2. The topological polar surface area (TPSA) is 48.5 Å². The number of hydrogen-bond donors (Lipinski definition) is 1. The van der Waals surface area contributed by atoms with E-state index in [9.17, 15) is 4.79 Å². The maximum Gasteiger partial charge on any atom is 0.222 e. The van der Waals surface area contributed by atoms with Crippen LogP contribution in [-0.4, -0.2) is 60.0 Å². The monoisotopic (exact) mass is 554 g/mol. The minimum absolute atomic E-state index is 0.160. The van der Waals surface area contributed by atoms with Crippen LogP contribution in [0.4, 0.5) is 0 Å². The quantitative estimate of drug-likeness (QED) is 0.509. The van der Waals surface area contributed by atoms with Crippen LogP contribution in [0.2, 0.25) is 10.0 Å². The van der Waals surface area contributed by atoms with Gasteiger partial charge in [-0.1, -0.05) is 29.3 Å². The molecule has 1 aromatic carbocycles. The molecule has 0 saturated carbocycles. The van der Waals surface area contributed by atoms with Crippen molar-refractivity contribution in [2.75, 3.05) is 39.3 Å². The first-order chi connectivity index (χ1) is 18.5. The number of carbonyl (C=O) groups excluding carboxylic acids is 1. The predicted octanol–water partition coefficient (Wildman–Crippen LogP) is 5.92. The number of likely N-dealkylation sites (tertiary alicyclic amines) is 2. The molecule has 38 heavy (non-hydrogen) atoms. The Morgan fingerprint density at radius 3 is 2.26 bits per heavy atom. The van der Waals surface area contributed by atoms with Crippen LogP contribution in [0.15, 0.2) is 30.5 Å². The first kappa shape index (κ1) is 26.6. The zero-order chi connectivity index (χ0) is 26.1. The number of pyridine rings is 1. The Labute approximate surface area is 237 Å². The van der Waals surface area contributed by atoms with Crippen LogP contribution in [0.5, 0.6) is 0 Å². The van der Waals surface area contributed by atoms with Crippen LogP contribution in [0.25, 0.3) is 0 Å². The third-order valence-electron chi connectivity index (χ3n) is 9.71. The highest BCUT2D eigenvalue weighted by Crippen LogP contribution is 2.41. The highest BCUT2D eigenvalue weighted by Gasteiger charge is 2.36. The number of nitrogens with one attached hydrogen (secondary N) is 1. The molecule has 3 saturated heterocycles. The van der Waals surface area contributed by atoms with Gasteiger partial charge < -0.3 is 10.2 Å². The Hall–Kier alpha value is -1.66. The van der Waals surface area contributed by atoms with Crippen molar-refractivity contribution in [1.82, 2.24) is 20.1 Å². The van der Waals surface area contributed by atoms with Gasteiger partial charge in [0.15, 0.2) is 0 Å². The molecule has 1 amide bonds. The van der Waals surface area contributed by atoms with Gasteiger partial charge in [0.2, 0.25) is 5.91 Å². The minimum atomic E-state index is 0.160. The number of amides is 1. The van der Waals surface area contributed by atoms with Gasteiger partial charge in [0.05, 0.1) is 16.8 Å². The van der Waals surface area contributed by atoms with E-state index < -0.39 is 0 Å². The maximum absolute atomic E-state index is 12.9. The van der Waals surface area contributed by atoms with E-state index in [2.05, 4.69) is 33.3 Å². The summed E-state index contributed by atoms with van der Waals surface area (Å²) in [6.07, 6.45) is 11.5. The molecule has 4 aliphatic rings. The second-order valence-electron chi connectivity index (χ2n) is 11.9. The summed E-state index contributed by atoms with van der Waals surface area (Å²) in [5.74, 6) is 2.46. The fourth-order valence-corrected chi connectivity index (χ4v) is 7.89. The summed E-state index contributed by atoms with van der Waals surface area (Å²) >= 11 is 12.8. The summed E-state index contributed by atoms with van der Waals surface area (Å²) in [6, 6.07) is 8.66.